The Kier molecular flexibility index (Phi) is 5.31. The standard InChI is InChI=1S/C21H28N2O4S/c1-15(24)17-4-6-20(7-5-17)28(26,27)23-10-8-22(9-11-23)21(25)14-19-13-16-2-3-18(19)12-16/h4-7,16,18-19H,2-3,8-14H2,1H3/t16-,18-,19-/m1/s1. The number of Topliss-reactive ketones (excluding diaryl/α,β-unsaturated/α-hetero) is 1. The number of sulfonamides is 1. The van der Waals surface area contributed by atoms with E-state index < -0.39 is 10.0 Å². The first-order chi connectivity index (χ1) is 13.3. The molecular weight excluding hydrogens is 376 g/mol. The third-order valence-corrected chi connectivity index (χ3v) is 8.72. The van der Waals surface area contributed by atoms with Crippen molar-refractivity contribution in [2.45, 2.75) is 43.9 Å². The lowest BCUT2D eigenvalue weighted by Crippen LogP contribution is -2.50. The number of nitrogens with zero attached hydrogens (tertiary/aromatic N) is 2. The zero-order valence-electron chi connectivity index (χ0n) is 16.3. The Bertz CT molecular complexity index is 857. The van der Waals surface area contributed by atoms with Gasteiger partial charge in [-0.3, -0.25) is 9.59 Å². The van der Waals surface area contributed by atoms with E-state index in [1.807, 2.05) is 4.90 Å². The highest BCUT2D eigenvalue weighted by molar-refractivity contribution is 7.89. The molecule has 3 fully saturated rings. The van der Waals surface area contributed by atoms with Crippen LogP contribution in [-0.4, -0.2) is 55.5 Å². The monoisotopic (exact) mass is 404 g/mol. The lowest BCUT2D eigenvalue weighted by atomic mass is 9.86. The fourth-order valence-electron chi connectivity index (χ4n) is 5.17. The van der Waals surface area contributed by atoms with Crippen molar-refractivity contribution in [3.63, 3.8) is 0 Å². The zero-order chi connectivity index (χ0) is 19.9. The van der Waals surface area contributed by atoms with Gasteiger partial charge in [-0.25, -0.2) is 8.42 Å². The highest BCUT2D eigenvalue weighted by atomic mass is 32.2. The van der Waals surface area contributed by atoms with E-state index in [0.29, 0.717) is 44.1 Å². The number of rotatable bonds is 5. The maximum atomic E-state index is 12.8. The van der Waals surface area contributed by atoms with Crippen molar-refractivity contribution >= 4 is 21.7 Å². The quantitative estimate of drug-likeness (QED) is 0.707. The molecule has 1 heterocycles. The summed E-state index contributed by atoms with van der Waals surface area (Å²) in [7, 11) is -3.60. The van der Waals surface area contributed by atoms with E-state index in [1.165, 1.54) is 49.0 Å². The van der Waals surface area contributed by atoms with Gasteiger partial charge in [0.05, 0.1) is 4.90 Å². The van der Waals surface area contributed by atoms with Gasteiger partial charge in [0.25, 0.3) is 0 Å². The number of piperazine rings is 1. The van der Waals surface area contributed by atoms with Gasteiger partial charge in [-0.1, -0.05) is 18.6 Å². The molecule has 1 aromatic rings. The Morgan fingerprint density at radius 1 is 1.00 bits per heavy atom. The van der Waals surface area contributed by atoms with Crippen molar-refractivity contribution in [3.8, 4) is 0 Å². The smallest absolute Gasteiger partial charge is 0.243 e. The van der Waals surface area contributed by atoms with Gasteiger partial charge in [0.1, 0.15) is 0 Å². The third kappa shape index (κ3) is 3.74. The van der Waals surface area contributed by atoms with Crippen LogP contribution in [0.3, 0.4) is 0 Å². The van der Waals surface area contributed by atoms with Crippen molar-refractivity contribution in [2.24, 2.45) is 17.8 Å². The van der Waals surface area contributed by atoms with Gasteiger partial charge < -0.3 is 4.90 Å². The van der Waals surface area contributed by atoms with Gasteiger partial charge in [-0.05, 0) is 56.1 Å². The Labute approximate surface area is 166 Å². The predicted octanol–water partition coefficient (Wildman–Crippen LogP) is 2.55. The van der Waals surface area contributed by atoms with E-state index in [-0.39, 0.29) is 16.6 Å². The number of benzene rings is 1. The average molecular weight is 405 g/mol. The normalized spacial score (nSPS) is 27.9. The van der Waals surface area contributed by atoms with Gasteiger partial charge in [0.2, 0.25) is 15.9 Å². The van der Waals surface area contributed by atoms with Crippen molar-refractivity contribution in [1.82, 2.24) is 9.21 Å². The van der Waals surface area contributed by atoms with Crippen molar-refractivity contribution in [3.05, 3.63) is 29.8 Å². The average Bonchev–Trinajstić information content (AvgIpc) is 3.31. The molecule has 6 nitrogen and oxygen atoms in total. The first-order valence-electron chi connectivity index (χ1n) is 10.2. The molecule has 7 heteroatoms. The summed E-state index contributed by atoms with van der Waals surface area (Å²) in [4.78, 5) is 26.1. The molecule has 0 radical (unpaired) electrons. The maximum absolute atomic E-state index is 12.8. The molecule has 28 heavy (non-hydrogen) atoms. The van der Waals surface area contributed by atoms with E-state index >= 15 is 0 Å². The van der Waals surface area contributed by atoms with Crippen LogP contribution in [0, 0.1) is 17.8 Å². The van der Waals surface area contributed by atoms with Gasteiger partial charge in [0.15, 0.2) is 5.78 Å². The Morgan fingerprint density at radius 2 is 1.68 bits per heavy atom. The predicted molar refractivity (Wildman–Crippen MR) is 105 cm³/mol. The van der Waals surface area contributed by atoms with E-state index in [4.69, 9.17) is 0 Å². The number of hydrogen-bond acceptors (Lipinski definition) is 4. The van der Waals surface area contributed by atoms with Crippen LogP contribution in [-0.2, 0) is 14.8 Å². The van der Waals surface area contributed by atoms with Gasteiger partial charge >= 0.3 is 0 Å². The molecule has 1 saturated heterocycles. The third-order valence-electron chi connectivity index (χ3n) is 6.81. The molecule has 0 aromatic heterocycles. The summed E-state index contributed by atoms with van der Waals surface area (Å²) in [6, 6.07) is 6.06. The van der Waals surface area contributed by atoms with E-state index in [9.17, 15) is 18.0 Å². The van der Waals surface area contributed by atoms with Crippen LogP contribution in [0.4, 0.5) is 0 Å². The van der Waals surface area contributed by atoms with Crippen molar-refractivity contribution in [2.75, 3.05) is 26.2 Å². The number of carbonyl (C=O) groups excluding carboxylic acids is 2. The minimum absolute atomic E-state index is 0.0911. The van der Waals surface area contributed by atoms with Crippen LogP contribution in [0.25, 0.3) is 0 Å². The Hall–Kier alpha value is -1.73. The first kappa shape index (κ1) is 19.6. The number of amides is 1. The second-order valence-electron chi connectivity index (χ2n) is 8.50. The summed E-state index contributed by atoms with van der Waals surface area (Å²) in [5.41, 5.74) is 0.495. The molecule has 2 saturated carbocycles. The molecule has 3 aliphatic rings. The van der Waals surface area contributed by atoms with E-state index in [0.717, 1.165) is 11.8 Å². The van der Waals surface area contributed by atoms with Gasteiger partial charge in [-0.2, -0.15) is 4.31 Å². The fraction of sp³-hybridized carbons (Fsp3) is 0.619. The van der Waals surface area contributed by atoms with Crippen LogP contribution < -0.4 is 0 Å². The second kappa shape index (κ2) is 7.59. The number of hydrogen-bond donors (Lipinski definition) is 0. The topological polar surface area (TPSA) is 74.8 Å². The SMILES string of the molecule is CC(=O)c1ccc(S(=O)(=O)N2CCN(C(=O)C[C@H]3C[C@@H]4CC[C@@H]3C4)CC2)cc1. The molecule has 0 spiro atoms. The minimum atomic E-state index is -3.60. The van der Waals surface area contributed by atoms with E-state index in [1.54, 1.807) is 12.1 Å². The fourth-order valence-corrected chi connectivity index (χ4v) is 6.59. The largest absolute Gasteiger partial charge is 0.340 e. The first-order valence-corrected chi connectivity index (χ1v) is 11.7. The van der Waals surface area contributed by atoms with Gasteiger partial charge in [0, 0.05) is 38.2 Å². The lowest BCUT2D eigenvalue weighted by molar-refractivity contribution is -0.133. The van der Waals surface area contributed by atoms with E-state index in [2.05, 4.69) is 0 Å². The summed E-state index contributed by atoms with van der Waals surface area (Å²) >= 11 is 0. The molecule has 0 N–H and O–H groups in total. The summed E-state index contributed by atoms with van der Waals surface area (Å²) < 4.78 is 27.1. The number of carbonyl (C=O) groups is 2. The lowest BCUT2D eigenvalue weighted by Gasteiger charge is -2.35. The molecule has 1 amide bonds. The molecule has 2 bridgehead atoms. The van der Waals surface area contributed by atoms with Crippen LogP contribution in [0.5, 0.6) is 0 Å². The second-order valence-corrected chi connectivity index (χ2v) is 10.4. The molecule has 2 aliphatic carbocycles. The van der Waals surface area contributed by atoms with Crippen LogP contribution in [0.2, 0.25) is 0 Å². The summed E-state index contributed by atoms with van der Waals surface area (Å²) in [5.74, 6) is 2.19. The molecular formula is C21H28N2O4S. The molecule has 1 aliphatic heterocycles. The molecule has 4 rings (SSSR count). The molecule has 152 valence electrons. The highest BCUT2D eigenvalue weighted by Gasteiger charge is 2.41. The highest BCUT2D eigenvalue weighted by Crippen LogP contribution is 2.49. The summed E-state index contributed by atoms with van der Waals surface area (Å²) in [6.45, 7) is 2.99. The van der Waals surface area contributed by atoms with Gasteiger partial charge in [-0.15, -0.1) is 0 Å². The van der Waals surface area contributed by atoms with Crippen LogP contribution >= 0.6 is 0 Å². The van der Waals surface area contributed by atoms with Crippen LogP contribution in [0.1, 0.15) is 49.4 Å². The van der Waals surface area contributed by atoms with Crippen LogP contribution in [0.15, 0.2) is 29.2 Å². The van der Waals surface area contributed by atoms with Crippen molar-refractivity contribution in [1.29, 1.82) is 0 Å². The number of fused-ring (bicyclic) bond motifs is 2. The molecule has 3 atom stereocenters. The minimum Gasteiger partial charge on any atom is -0.340 e. The summed E-state index contributed by atoms with van der Waals surface area (Å²) in [6.07, 6.45) is 5.73. The Morgan fingerprint density at radius 3 is 2.21 bits per heavy atom. The molecule has 0 unspecified atom stereocenters. The zero-order valence-corrected chi connectivity index (χ0v) is 17.2. The Balaban J connectivity index is 1.34. The molecule has 1 aromatic carbocycles. The number of ketones is 1. The maximum Gasteiger partial charge on any atom is 0.243 e. The summed E-state index contributed by atoms with van der Waals surface area (Å²) in [5, 5.41) is 0. The van der Waals surface area contributed by atoms with Crippen molar-refractivity contribution < 1.29 is 18.0 Å².